The van der Waals surface area contributed by atoms with Crippen molar-refractivity contribution >= 4 is 12.2 Å². The summed E-state index contributed by atoms with van der Waals surface area (Å²) in [6.45, 7) is 4.66. The molecule has 2 aromatic rings. The molecule has 0 aromatic heterocycles. The van der Waals surface area contributed by atoms with Gasteiger partial charge in [-0.2, -0.15) is 0 Å². The third-order valence-electron chi connectivity index (χ3n) is 4.68. The highest BCUT2D eigenvalue weighted by Crippen LogP contribution is 2.33. The van der Waals surface area contributed by atoms with Crippen LogP contribution in [0.5, 0.6) is 0 Å². The lowest BCUT2D eigenvalue weighted by atomic mass is 9.83. The van der Waals surface area contributed by atoms with E-state index in [1.165, 1.54) is 49.7 Å². The molecular formula is C24H32N2O2. The molecule has 2 N–H and O–H groups in total. The largest absolute Gasteiger partial charge is 0.231 e. The van der Waals surface area contributed by atoms with Crippen LogP contribution in [0.3, 0.4) is 0 Å². The number of rotatable bonds is 9. The molecule has 2 atom stereocenters. The van der Waals surface area contributed by atoms with Crippen LogP contribution in [0.25, 0.3) is 0 Å². The van der Waals surface area contributed by atoms with Crippen molar-refractivity contribution < 1.29 is 9.59 Å². The van der Waals surface area contributed by atoms with Gasteiger partial charge in [-0.3, -0.25) is 0 Å². The summed E-state index contributed by atoms with van der Waals surface area (Å²) in [5.74, 6) is 1.31. The monoisotopic (exact) mass is 380 g/mol. The summed E-state index contributed by atoms with van der Waals surface area (Å²) in [7, 11) is 0. The zero-order chi connectivity index (χ0) is 21.0. The molecule has 0 aliphatic carbocycles. The zero-order valence-corrected chi connectivity index (χ0v) is 17.0. The summed E-state index contributed by atoms with van der Waals surface area (Å²) in [4.78, 5) is 16.7. The summed E-state index contributed by atoms with van der Waals surface area (Å²) in [6, 6.07) is 22.1. The Labute approximate surface area is 169 Å². The highest BCUT2D eigenvalue weighted by molar-refractivity contribution is 5.26. The molecule has 0 bridgehead atoms. The first-order chi connectivity index (χ1) is 13.6. The van der Waals surface area contributed by atoms with Crippen molar-refractivity contribution in [2.75, 3.05) is 0 Å². The van der Waals surface area contributed by atoms with Crippen molar-refractivity contribution in [2.24, 2.45) is 0 Å². The zero-order valence-electron chi connectivity index (χ0n) is 17.0. The van der Waals surface area contributed by atoms with Crippen LogP contribution < -0.4 is 0 Å². The van der Waals surface area contributed by atoms with E-state index in [0.717, 1.165) is 12.2 Å². The van der Waals surface area contributed by atoms with Crippen molar-refractivity contribution in [3.8, 4) is 0 Å². The van der Waals surface area contributed by atoms with Crippen LogP contribution in [-0.4, -0.2) is 12.2 Å². The Bertz CT molecular complexity index is 662. The van der Waals surface area contributed by atoms with Crippen LogP contribution >= 0.6 is 0 Å². The molecule has 28 heavy (non-hydrogen) atoms. The molecule has 0 fully saturated rings. The minimum atomic E-state index is 0.623. The Balaban J connectivity index is 0.00000108. The van der Waals surface area contributed by atoms with E-state index in [-0.39, 0.29) is 0 Å². The van der Waals surface area contributed by atoms with Crippen LogP contribution in [0.2, 0.25) is 0 Å². The van der Waals surface area contributed by atoms with Crippen molar-refractivity contribution in [1.82, 2.24) is 0 Å². The van der Waals surface area contributed by atoms with Crippen molar-refractivity contribution in [3.63, 3.8) is 0 Å². The maximum atomic E-state index is 8.35. The fourth-order valence-electron chi connectivity index (χ4n) is 3.31. The fourth-order valence-corrected chi connectivity index (χ4v) is 3.31. The molecule has 2 aromatic carbocycles. The first-order valence-corrected chi connectivity index (χ1v) is 9.82. The first-order valence-electron chi connectivity index (χ1n) is 9.82. The number of hydrogen-bond donors (Lipinski definition) is 2. The number of benzene rings is 2. The van der Waals surface area contributed by atoms with Crippen molar-refractivity contribution in [1.29, 1.82) is 10.8 Å². The van der Waals surface area contributed by atoms with Crippen molar-refractivity contribution in [2.45, 2.75) is 64.2 Å². The topological polar surface area (TPSA) is 81.8 Å². The van der Waals surface area contributed by atoms with Gasteiger partial charge < -0.3 is 0 Å². The second kappa shape index (κ2) is 17.6. The van der Waals surface area contributed by atoms with E-state index in [4.69, 9.17) is 20.4 Å². The number of nitrogens with one attached hydrogen (secondary N) is 2. The lowest BCUT2D eigenvalue weighted by molar-refractivity contribution is 0.493. The molecule has 2 rings (SSSR count). The van der Waals surface area contributed by atoms with E-state index in [1.807, 2.05) is 0 Å². The molecule has 150 valence electrons. The Morgan fingerprint density at radius 2 is 1.25 bits per heavy atom. The third-order valence-corrected chi connectivity index (χ3v) is 4.68. The Morgan fingerprint density at radius 1 is 0.786 bits per heavy atom. The highest BCUT2D eigenvalue weighted by atomic mass is 16.1. The third kappa shape index (κ3) is 11.7. The van der Waals surface area contributed by atoms with E-state index in [0.29, 0.717) is 11.8 Å². The van der Waals surface area contributed by atoms with Gasteiger partial charge in [0.1, 0.15) is 0 Å². The molecule has 4 heteroatoms. The fraction of sp³-hybridized carbons (Fsp3) is 0.417. The molecule has 0 heterocycles. The molecule has 2 unspecified atom stereocenters. The van der Waals surface area contributed by atoms with Gasteiger partial charge in [-0.1, -0.05) is 100 Å². The van der Waals surface area contributed by atoms with E-state index in [2.05, 4.69) is 74.5 Å². The van der Waals surface area contributed by atoms with Gasteiger partial charge in [0.15, 0.2) is 0 Å². The molecule has 0 saturated carbocycles. The van der Waals surface area contributed by atoms with Gasteiger partial charge in [-0.25, -0.2) is 20.4 Å². The van der Waals surface area contributed by atoms with Crippen LogP contribution in [0.4, 0.5) is 0 Å². The van der Waals surface area contributed by atoms with Gasteiger partial charge >= 0.3 is 0 Å². The Morgan fingerprint density at radius 3 is 1.71 bits per heavy atom. The highest BCUT2D eigenvalue weighted by Gasteiger charge is 2.16. The lowest BCUT2D eigenvalue weighted by Gasteiger charge is -2.22. The quantitative estimate of drug-likeness (QED) is 0.287. The predicted octanol–water partition coefficient (Wildman–Crippen LogP) is 6.74. The SMILES string of the molecule is CCCCCCC(CC(C)c1ccccc1)c1ccccc1.N=C=O.N=C=O. The number of isocyanates is 2. The van der Waals surface area contributed by atoms with Crippen LogP contribution in [0.1, 0.15) is 75.3 Å². The van der Waals surface area contributed by atoms with Gasteiger partial charge in [0, 0.05) is 0 Å². The summed E-state index contributed by atoms with van der Waals surface area (Å²) < 4.78 is 0. The van der Waals surface area contributed by atoms with Crippen molar-refractivity contribution in [3.05, 3.63) is 71.8 Å². The molecule has 0 spiro atoms. The normalized spacial score (nSPS) is 11.4. The molecule has 0 aliphatic heterocycles. The standard InChI is InChI=1S/C22H30.2CHNO/c1-3-4-5-8-17-22(21-15-11-7-12-16-21)18-19(2)20-13-9-6-10-14-20;2*2-1-3/h6-7,9-16,19,22H,3-5,8,17-18H2,1-2H3;2*2H. The average Bonchev–Trinajstić information content (AvgIpc) is 2.72. The number of unbranched alkanes of at least 4 members (excludes halogenated alkanes) is 3. The Hall–Kier alpha value is -2.80. The lowest BCUT2D eigenvalue weighted by Crippen LogP contribution is -2.05. The van der Waals surface area contributed by atoms with E-state index in [9.17, 15) is 0 Å². The molecule has 4 nitrogen and oxygen atoms in total. The predicted molar refractivity (Wildman–Crippen MR) is 114 cm³/mol. The molecule has 0 saturated heterocycles. The van der Waals surface area contributed by atoms with Gasteiger partial charge in [0.05, 0.1) is 0 Å². The smallest absolute Gasteiger partial charge is 0.222 e. The van der Waals surface area contributed by atoms with Crippen LogP contribution in [0.15, 0.2) is 60.7 Å². The molecule has 0 radical (unpaired) electrons. The van der Waals surface area contributed by atoms with Crippen LogP contribution in [0, 0.1) is 10.8 Å². The summed E-state index contributed by atoms with van der Waals surface area (Å²) in [6.07, 6.45) is 9.49. The van der Waals surface area contributed by atoms with Crippen LogP contribution in [-0.2, 0) is 9.59 Å². The number of hydrogen-bond acceptors (Lipinski definition) is 4. The minimum Gasteiger partial charge on any atom is -0.222 e. The Kier molecular flexibility index (Phi) is 15.8. The second-order valence-electron chi connectivity index (χ2n) is 6.71. The minimum absolute atomic E-state index is 0.623. The van der Waals surface area contributed by atoms with Gasteiger partial charge in [-0.05, 0) is 35.8 Å². The van der Waals surface area contributed by atoms with E-state index >= 15 is 0 Å². The average molecular weight is 381 g/mol. The van der Waals surface area contributed by atoms with Gasteiger partial charge in [0.25, 0.3) is 0 Å². The summed E-state index contributed by atoms with van der Waals surface area (Å²) >= 11 is 0. The molecule has 0 aliphatic rings. The summed E-state index contributed by atoms with van der Waals surface area (Å²) in [5.41, 5.74) is 2.98. The van der Waals surface area contributed by atoms with Gasteiger partial charge in [0.2, 0.25) is 12.2 Å². The second-order valence-corrected chi connectivity index (χ2v) is 6.71. The molecular weight excluding hydrogens is 348 g/mol. The first kappa shape index (κ1) is 25.2. The number of carbonyl (C=O) groups excluding carboxylic acids is 2. The molecule has 0 amide bonds. The summed E-state index contributed by atoms with van der Waals surface area (Å²) in [5, 5.41) is 10.8. The van der Waals surface area contributed by atoms with E-state index < -0.39 is 0 Å². The maximum absolute atomic E-state index is 8.35. The maximum Gasteiger partial charge on any atom is 0.231 e. The van der Waals surface area contributed by atoms with Gasteiger partial charge in [-0.15, -0.1) is 0 Å². The van der Waals surface area contributed by atoms with E-state index in [1.54, 1.807) is 0 Å².